The normalized spacial score (nSPS) is 11.7. The fourth-order valence-corrected chi connectivity index (χ4v) is 3.57. The molecule has 0 bridgehead atoms. The van der Waals surface area contributed by atoms with Gasteiger partial charge in [-0.1, -0.05) is 29.8 Å². The van der Waals surface area contributed by atoms with Gasteiger partial charge >= 0.3 is 5.69 Å². The lowest BCUT2D eigenvalue weighted by molar-refractivity contribution is 0.707. The van der Waals surface area contributed by atoms with Crippen LogP contribution in [0, 0.1) is 20.8 Å². The lowest BCUT2D eigenvalue weighted by Gasteiger charge is -2.07. The lowest BCUT2D eigenvalue weighted by atomic mass is 10.1. The molecule has 0 radical (unpaired) electrons. The zero-order chi connectivity index (χ0) is 18.7. The third-order valence-electron chi connectivity index (χ3n) is 5.17. The Morgan fingerprint density at radius 1 is 1.00 bits per heavy atom. The van der Waals surface area contributed by atoms with Gasteiger partial charge in [-0.25, -0.2) is 4.79 Å². The van der Waals surface area contributed by atoms with Gasteiger partial charge < -0.3 is 4.57 Å². The van der Waals surface area contributed by atoms with Crippen molar-refractivity contribution in [2.45, 2.75) is 27.3 Å². The van der Waals surface area contributed by atoms with Crippen molar-refractivity contribution < 1.29 is 0 Å². The van der Waals surface area contributed by atoms with Gasteiger partial charge in [-0.2, -0.15) is 4.98 Å². The molecule has 134 valence electrons. The van der Waals surface area contributed by atoms with Crippen LogP contribution >= 0.6 is 0 Å². The molecule has 7 heteroatoms. The zero-order valence-corrected chi connectivity index (χ0v) is 15.6. The minimum atomic E-state index is -0.372. The topological polar surface area (TPSA) is 66.2 Å². The van der Waals surface area contributed by atoms with E-state index in [4.69, 9.17) is 0 Å². The third kappa shape index (κ3) is 2.09. The first-order valence-electron chi connectivity index (χ1n) is 8.50. The average molecular weight is 351 g/mol. The second-order valence-electron chi connectivity index (χ2n) is 6.87. The summed E-state index contributed by atoms with van der Waals surface area (Å²) in [7, 11) is 3.14. The van der Waals surface area contributed by atoms with E-state index in [2.05, 4.69) is 34.7 Å². The van der Waals surface area contributed by atoms with Crippen LogP contribution in [0.3, 0.4) is 0 Å². The summed E-state index contributed by atoms with van der Waals surface area (Å²) in [5.74, 6) is 0.676. The Balaban J connectivity index is 2.08. The van der Waals surface area contributed by atoms with E-state index < -0.39 is 0 Å². The summed E-state index contributed by atoms with van der Waals surface area (Å²) in [5, 5.41) is 0. The number of hydrogen-bond acceptors (Lipinski definition) is 3. The van der Waals surface area contributed by atoms with Gasteiger partial charge in [0.25, 0.3) is 5.56 Å². The highest BCUT2D eigenvalue weighted by molar-refractivity contribution is 5.76. The molecule has 0 amide bonds. The minimum Gasteiger partial charge on any atom is -0.309 e. The Kier molecular flexibility index (Phi) is 3.44. The van der Waals surface area contributed by atoms with Crippen molar-refractivity contribution >= 4 is 16.9 Å². The standard InChI is InChI=1S/C19H21N5O2/c1-11-7-6-8-14(9-11)10-23-12(2)13(3)24-15-16(20-18(23)24)21(4)19(26)22(5)17(15)25/h6-9H,10H2,1-5H3. The first-order valence-corrected chi connectivity index (χ1v) is 8.50. The molecule has 0 N–H and O–H groups in total. The van der Waals surface area contributed by atoms with E-state index in [0.717, 1.165) is 16.0 Å². The Labute approximate surface area is 149 Å². The largest absolute Gasteiger partial charge is 0.332 e. The van der Waals surface area contributed by atoms with Crippen LogP contribution in [-0.4, -0.2) is 23.1 Å². The first kappa shape index (κ1) is 16.4. The van der Waals surface area contributed by atoms with E-state index in [1.165, 1.54) is 22.7 Å². The number of hydrogen-bond donors (Lipinski definition) is 0. The maximum atomic E-state index is 12.7. The number of fused-ring (bicyclic) bond motifs is 3. The van der Waals surface area contributed by atoms with Crippen LogP contribution in [0.25, 0.3) is 16.9 Å². The summed E-state index contributed by atoms with van der Waals surface area (Å²) in [6.45, 7) is 6.72. The number of rotatable bonds is 2. The molecule has 0 spiro atoms. The fraction of sp³-hybridized carbons (Fsp3) is 0.316. The highest BCUT2D eigenvalue weighted by atomic mass is 16.2. The molecule has 4 aromatic rings. The molecule has 0 saturated heterocycles. The van der Waals surface area contributed by atoms with E-state index in [9.17, 15) is 9.59 Å². The molecule has 0 aliphatic heterocycles. The maximum absolute atomic E-state index is 12.7. The summed E-state index contributed by atoms with van der Waals surface area (Å²) < 4.78 is 6.51. The smallest absolute Gasteiger partial charge is 0.309 e. The van der Waals surface area contributed by atoms with Crippen molar-refractivity contribution in [3.05, 3.63) is 67.6 Å². The number of aryl methyl sites for hydroxylation is 3. The molecular weight excluding hydrogens is 330 g/mol. The molecule has 1 aromatic carbocycles. The van der Waals surface area contributed by atoms with E-state index in [0.29, 0.717) is 23.5 Å². The van der Waals surface area contributed by atoms with Gasteiger partial charge in [-0.15, -0.1) is 0 Å². The van der Waals surface area contributed by atoms with Crippen molar-refractivity contribution in [3.63, 3.8) is 0 Å². The number of benzene rings is 1. The van der Waals surface area contributed by atoms with Crippen LogP contribution in [0.5, 0.6) is 0 Å². The summed E-state index contributed by atoms with van der Waals surface area (Å²) in [5.41, 5.74) is 4.51. The predicted octanol–water partition coefficient (Wildman–Crippen LogP) is 1.66. The third-order valence-corrected chi connectivity index (χ3v) is 5.17. The molecule has 0 atom stereocenters. The van der Waals surface area contributed by atoms with Gasteiger partial charge in [0.1, 0.15) is 0 Å². The molecule has 4 rings (SSSR count). The molecule has 0 fully saturated rings. The van der Waals surface area contributed by atoms with Gasteiger partial charge in [0.05, 0.1) is 6.54 Å². The Bertz CT molecular complexity index is 1300. The van der Waals surface area contributed by atoms with Gasteiger partial charge in [0, 0.05) is 25.5 Å². The van der Waals surface area contributed by atoms with Gasteiger partial charge in [-0.3, -0.25) is 18.3 Å². The molecule has 3 heterocycles. The Hall–Kier alpha value is -3.09. The maximum Gasteiger partial charge on any atom is 0.332 e. The molecule has 26 heavy (non-hydrogen) atoms. The summed E-state index contributed by atoms with van der Waals surface area (Å²) in [6, 6.07) is 8.32. The highest BCUT2D eigenvalue weighted by Gasteiger charge is 2.21. The molecule has 0 unspecified atom stereocenters. The minimum absolute atomic E-state index is 0.327. The van der Waals surface area contributed by atoms with E-state index >= 15 is 0 Å². The highest BCUT2D eigenvalue weighted by Crippen LogP contribution is 2.22. The van der Waals surface area contributed by atoms with Crippen LogP contribution in [0.2, 0.25) is 0 Å². The second-order valence-corrected chi connectivity index (χ2v) is 6.87. The van der Waals surface area contributed by atoms with Crippen LogP contribution in [0.4, 0.5) is 0 Å². The number of aromatic nitrogens is 5. The monoisotopic (exact) mass is 351 g/mol. The van der Waals surface area contributed by atoms with E-state index in [1.807, 2.05) is 24.3 Å². The van der Waals surface area contributed by atoms with Crippen molar-refractivity contribution in [2.75, 3.05) is 0 Å². The Morgan fingerprint density at radius 3 is 2.42 bits per heavy atom. The van der Waals surface area contributed by atoms with Crippen LogP contribution in [0.1, 0.15) is 22.5 Å². The van der Waals surface area contributed by atoms with Gasteiger partial charge in [-0.05, 0) is 26.3 Å². The summed E-state index contributed by atoms with van der Waals surface area (Å²) in [6.07, 6.45) is 0. The first-order chi connectivity index (χ1) is 12.3. The average Bonchev–Trinajstić information content (AvgIpc) is 3.10. The zero-order valence-electron chi connectivity index (χ0n) is 15.6. The van der Waals surface area contributed by atoms with E-state index in [-0.39, 0.29) is 11.2 Å². The fourth-order valence-electron chi connectivity index (χ4n) is 3.57. The molecule has 3 aromatic heterocycles. The molecule has 0 saturated carbocycles. The molecule has 0 aliphatic carbocycles. The van der Waals surface area contributed by atoms with Crippen molar-refractivity contribution in [2.24, 2.45) is 14.1 Å². The van der Waals surface area contributed by atoms with Crippen LogP contribution in [-0.2, 0) is 20.6 Å². The van der Waals surface area contributed by atoms with Gasteiger partial charge in [0.15, 0.2) is 11.2 Å². The molecular formula is C19H21N5O2. The second kappa shape index (κ2) is 5.45. The predicted molar refractivity (Wildman–Crippen MR) is 101 cm³/mol. The van der Waals surface area contributed by atoms with Crippen molar-refractivity contribution in [1.29, 1.82) is 0 Å². The number of nitrogens with zero attached hydrogens (tertiary/aromatic N) is 5. The molecule has 0 aliphatic rings. The Morgan fingerprint density at radius 2 is 1.73 bits per heavy atom. The summed E-state index contributed by atoms with van der Waals surface area (Å²) in [4.78, 5) is 29.6. The van der Waals surface area contributed by atoms with Crippen molar-refractivity contribution in [1.82, 2.24) is 23.1 Å². The van der Waals surface area contributed by atoms with Crippen LogP contribution in [0.15, 0.2) is 33.9 Å². The van der Waals surface area contributed by atoms with E-state index in [1.54, 1.807) is 7.05 Å². The quantitative estimate of drug-likeness (QED) is 0.552. The lowest BCUT2D eigenvalue weighted by Crippen LogP contribution is -2.37. The SMILES string of the molecule is Cc1cccc(Cn2c(C)c(C)n3c4c(=O)n(C)c(=O)n(C)c4nc23)c1. The van der Waals surface area contributed by atoms with Crippen molar-refractivity contribution in [3.8, 4) is 0 Å². The van der Waals surface area contributed by atoms with Gasteiger partial charge in [0.2, 0.25) is 5.78 Å². The number of imidazole rings is 2. The van der Waals surface area contributed by atoms with Crippen LogP contribution < -0.4 is 11.2 Å². The summed E-state index contributed by atoms with van der Waals surface area (Å²) >= 11 is 0. The molecule has 7 nitrogen and oxygen atoms in total.